The van der Waals surface area contributed by atoms with Crippen molar-refractivity contribution in [2.24, 2.45) is 0 Å². The minimum absolute atomic E-state index is 0.183. The lowest BCUT2D eigenvalue weighted by molar-refractivity contribution is -0.0360. The van der Waals surface area contributed by atoms with Crippen LogP contribution in [0.2, 0.25) is 0 Å². The van der Waals surface area contributed by atoms with Crippen molar-refractivity contribution in [3.8, 4) is 5.75 Å². The van der Waals surface area contributed by atoms with Gasteiger partial charge in [0.15, 0.2) is 5.82 Å². The Labute approximate surface area is 155 Å². The fourth-order valence-electron chi connectivity index (χ4n) is 3.33. The molecule has 1 aromatic heterocycles. The van der Waals surface area contributed by atoms with Crippen LogP contribution in [-0.2, 0) is 11.3 Å². The van der Waals surface area contributed by atoms with Crippen LogP contribution in [0.5, 0.6) is 5.75 Å². The van der Waals surface area contributed by atoms with Crippen LogP contribution in [0.15, 0.2) is 29.4 Å². The van der Waals surface area contributed by atoms with Crippen molar-refractivity contribution in [1.29, 1.82) is 0 Å². The molecule has 1 aromatic carbocycles. The van der Waals surface area contributed by atoms with Crippen LogP contribution in [0.1, 0.15) is 18.7 Å². The van der Waals surface area contributed by atoms with E-state index >= 15 is 0 Å². The number of aromatic nitrogens is 3. The quantitative estimate of drug-likeness (QED) is 0.579. The Kier molecular flexibility index (Phi) is 5.28. The van der Waals surface area contributed by atoms with E-state index in [0.717, 1.165) is 25.4 Å². The van der Waals surface area contributed by atoms with Gasteiger partial charge in [0.25, 0.3) is 0 Å². The van der Waals surface area contributed by atoms with Gasteiger partial charge in [0.1, 0.15) is 18.2 Å². The molecule has 140 valence electrons. The zero-order chi connectivity index (χ0) is 17.9. The average molecular weight is 379 g/mol. The van der Waals surface area contributed by atoms with Crippen molar-refractivity contribution in [2.45, 2.75) is 36.8 Å². The summed E-state index contributed by atoms with van der Waals surface area (Å²) in [4.78, 5) is 2.45. The zero-order valence-corrected chi connectivity index (χ0v) is 15.2. The van der Waals surface area contributed by atoms with Gasteiger partial charge in [-0.3, -0.25) is 4.90 Å². The number of hydrogen-bond acceptors (Lipinski definition) is 7. The second-order valence-electron chi connectivity index (χ2n) is 6.58. The van der Waals surface area contributed by atoms with Gasteiger partial charge < -0.3 is 15.3 Å². The monoisotopic (exact) mass is 379 g/mol. The van der Waals surface area contributed by atoms with Crippen LogP contribution >= 0.6 is 11.8 Å². The van der Waals surface area contributed by atoms with Crippen LogP contribution in [0, 0.1) is 5.82 Å². The molecule has 2 aromatic rings. The van der Waals surface area contributed by atoms with E-state index in [4.69, 9.17) is 15.3 Å². The van der Waals surface area contributed by atoms with Gasteiger partial charge in [-0.25, -0.2) is 9.07 Å². The summed E-state index contributed by atoms with van der Waals surface area (Å²) in [5.41, 5.74) is 0. The highest BCUT2D eigenvalue weighted by atomic mass is 32.2. The molecule has 9 heteroatoms. The molecular weight excluding hydrogens is 357 g/mol. The van der Waals surface area contributed by atoms with Crippen molar-refractivity contribution in [3.05, 3.63) is 35.9 Å². The van der Waals surface area contributed by atoms with Crippen molar-refractivity contribution in [3.63, 3.8) is 0 Å². The number of nitrogens with zero attached hydrogens (tertiary/aromatic N) is 4. The molecule has 0 spiro atoms. The molecule has 2 fully saturated rings. The maximum absolute atomic E-state index is 12.9. The second-order valence-corrected chi connectivity index (χ2v) is 7.64. The van der Waals surface area contributed by atoms with Gasteiger partial charge in [0, 0.05) is 25.4 Å². The Balaban J connectivity index is 1.25. The molecule has 3 heterocycles. The molecule has 0 unspecified atom stereocenters. The first-order valence-corrected chi connectivity index (χ1v) is 9.74. The van der Waals surface area contributed by atoms with Gasteiger partial charge in [-0.2, -0.15) is 0 Å². The summed E-state index contributed by atoms with van der Waals surface area (Å²) in [6.07, 6.45) is 3.19. The summed E-state index contributed by atoms with van der Waals surface area (Å²) in [5.74, 6) is 7.75. The summed E-state index contributed by atoms with van der Waals surface area (Å²) in [6.45, 7) is 3.20. The molecule has 0 aliphatic carbocycles. The van der Waals surface area contributed by atoms with Gasteiger partial charge in [0.2, 0.25) is 5.16 Å². The molecule has 7 nitrogen and oxygen atoms in total. The number of thioether (sulfide) groups is 1. The number of nitrogen functional groups attached to an aromatic ring is 1. The van der Waals surface area contributed by atoms with E-state index in [-0.39, 0.29) is 12.4 Å². The second kappa shape index (κ2) is 7.81. The first kappa shape index (κ1) is 17.6. The lowest BCUT2D eigenvalue weighted by Crippen LogP contribution is -2.43. The lowest BCUT2D eigenvalue weighted by Gasteiger charge is -2.31. The molecule has 2 aliphatic heterocycles. The minimum atomic E-state index is -0.300. The molecule has 26 heavy (non-hydrogen) atoms. The van der Waals surface area contributed by atoms with Crippen LogP contribution in [0.4, 0.5) is 4.39 Å². The van der Waals surface area contributed by atoms with E-state index in [0.29, 0.717) is 28.9 Å². The van der Waals surface area contributed by atoms with Crippen molar-refractivity contribution in [2.75, 3.05) is 31.2 Å². The predicted molar refractivity (Wildman–Crippen MR) is 96.0 cm³/mol. The molecule has 2 N–H and O–H groups in total. The van der Waals surface area contributed by atoms with E-state index in [1.54, 1.807) is 23.9 Å². The smallest absolute Gasteiger partial charge is 0.209 e. The lowest BCUT2D eigenvalue weighted by atomic mass is 10.2. The number of halogens is 1. The van der Waals surface area contributed by atoms with E-state index in [1.165, 1.54) is 29.7 Å². The highest BCUT2D eigenvalue weighted by molar-refractivity contribution is 7.99. The van der Waals surface area contributed by atoms with Crippen molar-refractivity contribution >= 4 is 11.8 Å². The Morgan fingerprint density at radius 1 is 1.19 bits per heavy atom. The maximum atomic E-state index is 12.9. The van der Waals surface area contributed by atoms with Crippen LogP contribution in [0.3, 0.4) is 0 Å². The van der Waals surface area contributed by atoms with Crippen LogP contribution in [-0.4, -0.2) is 57.4 Å². The third kappa shape index (κ3) is 4.11. The van der Waals surface area contributed by atoms with Gasteiger partial charge in [0.05, 0.1) is 12.2 Å². The Bertz CT molecular complexity index is 729. The number of fused-ring (bicyclic) bond motifs is 2. The molecule has 0 amide bonds. The molecule has 2 bridgehead atoms. The molecule has 2 saturated heterocycles. The summed E-state index contributed by atoms with van der Waals surface area (Å²) in [5, 5.41) is 8.88. The van der Waals surface area contributed by atoms with E-state index in [9.17, 15) is 4.39 Å². The number of nitrogens with two attached hydrogens (primary N) is 1. The van der Waals surface area contributed by atoms with Gasteiger partial charge in [-0.1, -0.05) is 11.8 Å². The summed E-state index contributed by atoms with van der Waals surface area (Å²) >= 11 is 1.58. The third-order valence-corrected chi connectivity index (χ3v) is 5.60. The van der Waals surface area contributed by atoms with Gasteiger partial charge in [-0.05, 0) is 37.1 Å². The first-order chi connectivity index (χ1) is 12.7. The largest absolute Gasteiger partial charge is 0.486 e. The van der Waals surface area contributed by atoms with E-state index < -0.39 is 0 Å². The normalized spacial score (nSPS) is 22.7. The van der Waals surface area contributed by atoms with E-state index in [1.807, 2.05) is 0 Å². The maximum Gasteiger partial charge on any atom is 0.209 e. The molecule has 0 saturated carbocycles. The summed E-state index contributed by atoms with van der Waals surface area (Å²) in [7, 11) is 0. The fourth-order valence-corrected chi connectivity index (χ4v) is 4.21. The summed E-state index contributed by atoms with van der Waals surface area (Å²) in [6, 6.07) is 5.83. The molecular formula is C17H22FN5O2S. The molecule has 0 radical (unpaired) electrons. The number of hydrogen-bond donors (Lipinski definition) is 1. The van der Waals surface area contributed by atoms with Gasteiger partial charge in [-0.15, -0.1) is 10.2 Å². The van der Waals surface area contributed by atoms with Crippen LogP contribution < -0.4 is 10.6 Å². The Morgan fingerprint density at radius 3 is 2.65 bits per heavy atom. The highest BCUT2D eigenvalue weighted by Crippen LogP contribution is 2.26. The SMILES string of the molecule is Nn1c(COc2ccc(F)cc2)nnc1SCCN1C[C@H]2CC[C@@H](C1)O2. The van der Waals surface area contributed by atoms with Crippen molar-refractivity contribution < 1.29 is 13.9 Å². The number of ether oxygens (including phenoxy) is 2. The molecule has 2 atom stereocenters. The van der Waals surface area contributed by atoms with Crippen molar-refractivity contribution in [1.82, 2.24) is 19.8 Å². The number of benzene rings is 1. The summed E-state index contributed by atoms with van der Waals surface area (Å²) < 4.78 is 25.8. The van der Waals surface area contributed by atoms with E-state index in [2.05, 4.69) is 15.1 Å². The number of rotatable bonds is 7. The minimum Gasteiger partial charge on any atom is -0.486 e. The first-order valence-electron chi connectivity index (χ1n) is 8.76. The Hall–Kier alpha value is -1.84. The topological polar surface area (TPSA) is 78.4 Å². The Morgan fingerprint density at radius 2 is 1.92 bits per heavy atom. The zero-order valence-electron chi connectivity index (χ0n) is 14.4. The predicted octanol–water partition coefficient (Wildman–Crippen LogP) is 1.67. The molecule has 4 rings (SSSR count). The number of likely N-dealkylation sites (tertiary alicyclic amines) is 1. The highest BCUT2D eigenvalue weighted by Gasteiger charge is 2.33. The fraction of sp³-hybridized carbons (Fsp3) is 0.529. The number of morpholine rings is 1. The van der Waals surface area contributed by atoms with Crippen LogP contribution in [0.25, 0.3) is 0 Å². The molecule has 2 aliphatic rings. The third-order valence-electron chi connectivity index (χ3n) is 4.67. The van der Waals surface area contributed by atoms with Gasteiger partial charge >= 0.3 is 0 Å². The standard InChI is InChI=1S/C17H22FN5O2S/c18-12-1-3-13(4-2-12)24-11-16-20-21-17(23(16)19)26-8-7-22-9-14-5-6-15(10-22)25-14/h1-4,14-15H,5-11,19H2/t14-,15+. The average Bonchev–Trinajstić information content (AvgIpc) is 3.17.